The molecule has 0 unspecified atom stereocenters. The molecule has 3 rings (SSSR count). The van der Waals surface area contributed by atoms with Gasteiger partial charge < -0.3 is 4.74 Å². The van der Waals surface area contributed by atoms with Crippen LogP contribution < -0.4 is 0 Å². The van der Waals surface area contributed by atoms with Gasteiger partial charge in [0, 0.05) is 18.3 Å². The molecule has 0 aliphatic carbocycles. The SMILES string of the molecule is Cc1cccc([C@H](C)c2nccn2C(=O)OCc2cccc(F)c2)c1C. The molecule has 0 aliphatic rings. The fourth-order valence-electron chi connectivity index (χ4n) is 3.01. The Kier molecular flexibility index (Phi) is 5.16. The van der Waals surface area contributed by atoms with Crippen LogP contribution in [0.5, 0.6) is 0 Å². The lowest BCUT2D eigenvalue weighted by Gasteiger charge is -2.17. The Bertz CT molecular complexity index is 933. The Morgan fingerprint density at radius 1 is 1.23 bits per heavy atom. The molecule has 0 amide bonds. The normalized spacial score (nSPS) is 12.0. The van der Waals surface area contributed by atoms with Gasteiger partial charge in [-0.2, -0.15) is 0 Å². The Morgan fingerprint density at radius 2 is 2.00 bits per heavy atom. The molecule has 134 valence electrons. The second-order valence-corrected chi connectivity index (χ2v) is 6.35. The summed E-state index contributed by atoms with van der Waals surface area (Å²) >= 11 is 0. The number of aryl methyl sites for hydroxylation is 1. The van der Waals surface area contributed by atoms with E-state index < -0.39 is 6.09 Å². The predicted molar refractivity (Wildman–Crippen MR) is 97.6 cm³/mol. The van der Waals surface area contributed by atoms with Crippen molar-refractivity contribution in [1.29, 1.82) is 0 Å². The van der Waals surface area contributed by atoms with Gasteiger partial charge >= 0.3 is 6.09 Å². The van der Waals surface area contributed by atoms with Gasteiger partial charge in [-0.3, -0.25) is 0 Å². The van der Waals surface area contributed by atoms with Gasteiger partial charge in [0.2, 0.25) is 0 Å². The summed E-state index contributed by atoms with van der Waals surface area (Å²) in [6.45, 7) is 6.15. The van der Waals surface area contributed by atoms with Crippen molar-refractivity contribution in [2.24, 2.45) is 0 Å². The first-order chi connectivity index (χ1) is 12.5. The number of carbonyl (C=O) groups is 1. The summed E-state index contributed by atoms with van der Waals surface area (Å²) in [7, 11) is 0. The van der Waals surface area contributed by atoms with Crippen LogP contribution in [0.1, 0.15) is 40.9 Å². The van der Waals surface area contributed by atoms with Gasteiger partial charge in [0.05, 0.1) is 0 Å². The monoisotopic (exact) mass is 352 g/mol. The summed E-state index contributed by atoms with van der Waals surface area (Å²) in [5, 5.41) is 0. The van der Waals surface area contributed by atoms with E-state index in [1.165, 1.54) is 27.8 Å². The highest BCUT2D eigenvalue weighted by Crippen LogP contribution is 2.27. The highest BCUT2D eigenvalue weighted by atomic mass is 19.1. The average molecular weight is 352 g/mol. The van der Waals surface area contributed by atoms with Crippen LogP contribution in [0.3, 0.4) is 0 Å². The number of ether oxygens (including phenoxy) is 1. The molecule has 5 heteroatoms. The number of nitrogens with zero attached hydrogens (tertiary/aromatic N) is 2. The molecule has 1 aromatic heterocycles. The molecule has 3 aromatic rings. The number of hydrogen-bond donors (Lipinski definition) is 0. The van der Waals surface area contributed by atoms with Gasteiger partial charge in [0.15, 0.2) is 0 Å². The van der Waals surface area contributed by atoms with E-state index in [1.807, 2.05) is 19.1 Å². The van der Waals surface area contributed by atoms with E-state index in [0.717, 1.165) is 5.56 Å². The standard InChI is InChI=1S/C21H21FN2O2/c1-14-6-4-9-19(15(14)2)16(3)20-23-10-11-24(20)21(25)26-13-17-7-5-8-18(22)12-17/h4-12,16H,13H2,1-3H3/t16-/m0/s1. The zero-order valence-corrected chi connectivity index (χ0v) is 15.1. The number of rotatable bonds is 4. The minimum atomic E-state index is -0.529. The Balaban J connectivity index is 1.79. The van der Waals surface area contributed by atoms with Crippen molar-refractivity contribution < 1.29 is 13.9 Å². The van der Waals surface area contributed by atoms with Crippen LogP contribution in [-0.4, -0.2) is 15.6 Å². The number of benzene rings is 2. The number of halogens is 1. The minimum Gasteiger partial charge on any atom is -0.444 e. The number of carbonyl (C=O) groups excluding carboxylic acids is 1. The van der Waals surface area contributed by atoms with Gasteiger partial charge in [-0.15, -0.1) is 0 Å². The predicted octanol–water partition coefficient (Wildman–Crippen LogP) is 4.98. The molecule has 0 spiro atoms. The minimum absolute atomic E-state index is 0.00602. The molecular weight excluding hydrogens is 331 g/mol. The average Bonchev–Trinajstić information content (AvgIpc) is 3.11. The zero-order valence-electron chi connectivity index (χ0n) is 15.1. The second kappa shape index (κ2) is 7.52. The number of hydrogen-bond acceptors (Lipinski definition) is 3. The van der Waals surface area contributed by atoms with E-state index in [1.54, 1.807) is 24.5 Å². The van der Waals surface area contributed by atoms with Crippen LogP contribution >= 0.6 is 0 Å². The maximum Gasteiger partial charge on any atom is 0.419 e. The first-order valence-corrected chi connectivity index (χ1v) is 8.48. The zero-order chi connectivity index (χ0) is 18.7. The molecule has 26 heavy (non-hydrogen) atoms. The summed E-state index contributed by atoms with van der Waals surface area (Å²) in [5.74, 6) is 0.194. The van der Waals surface area contributed by atoms with E-state index in [9.17, 15) is 9.18 Å². The van der Waals surface area contributed by atoms with E-state index in [0.29, 0.717) is 11.4 Å². The number of aromatic nitrogens is 2. The van der Waals surface area contributed by atoms with Gasteiger partial charge in [-0.05, 0) is 48.2 Å². The third kappa shape index (κ3) is 3.67. The quantitative estimate of drug-likeness (QED) is 0.665. The first-order valence-electron chi connectivity index (χ1n) is 8.48. The van der Waals surface area contributed by atoms with Crippen molar-refractivity contribution in [3.63, 3.8) is 0 Å². The van der Waals surface area contributed by atoms with Crippen molar-refractivity contribution in [3.05, 3.63) is 88.8 Å². The fraction of sp³-hybridized carbons (Fsp3) is 0.238. The lowest BCUT2D eigenvalue weighted by Crippen LogP contribution is -2.18. The summed E-state index contributed by atoms with van der Waals surface area (Å²) in [6, 6.07) is 12.1. The highest BCUT2D eigenvalue weighted by Gasteiger charge is 2.20. The van der Waals surface area contributed by atoms with Crippen LogP contribution in [0.2, 0.25) is 0 Å². The van der Waals surface area contributed by atoms with Gasteiger partial charge in [0.1, 0.15) is 18.2 Å². The van der Waals surface area contributed by atoms with Crippen LogP contribution in [-0.2, 0) is 11.3 Å². The first kappa shape index (κ1) is 17.9. The van der Waals surface area contributed by atoms with Crippen molar-refractivity contribution in [1.82, 2.24) is 9.55 Å². The summed E-state index contributed by atoms with van der Waals surface area (Å²) in [4.78, 5) is 16.8. The summed E-state index contributed by atoms with van der Waals surface area (Å²) < 4.78 is 20.0. The van der Waals surface area contributed by atoms with Crippen LogP contribution in [0.25, 0.3) is 0 Å². The molecule has 4 nitrogen and oxygen atoms in total. The number of imidazole rings is 1. The molecule has 0 bridgehead atoms. The lowest BCUT2D eigenvalue weighted by atomic mass is 9.93. The van der Waals surface area contributed by atoms with E-state index in [-0.39, 0.29) is 18.3 Å². The van der Waals surface area contributed by atoms with Gasteiger partial charge in [0.25, 0.3) is 0 Å². The molecule has 0 saturated heterocycles. The van der Waals surface area contributed by atoms with E-state index in [4.69, 9.17) is 4.74 Å². The van der Waals surface area contributed by atoms with Crippen LogP contribution in [0, 0.1) is 19.7 Å². The third-order valence-electron chi connectivity index (χ3n) is 4.62. The molecule has 1 heterocycles. The summed E-state index contributed by atoms with van der Waals surface area (Å²) in [6.07, 6.45) is 2.64. The maximum atomic E-state index is 13.2. The molecular formula is C21H21FN2O2. The molecule has 0 fully saturated rings. The molecule has 0 N–H and O–H groups in total. The second-order valence-electron chi connectivity index (χ2n) is 6.35. The fourth-order valence-corrected chi connectivity index (χ4v) is 3.01. The Hall–Kier alpha value is -2.95. The molecule has 1 atom stereocenters. The highest BCUT2D eigenvalue weighted by molar-refractivity contribution is 5.71. The topological polar surface area (TPSA) is 44.1 Å². The van der Waals surface area contributed by atoms with Crippen LogP contribution in [0.15, 0.2) is 54.9 Å². The molecule has 2 aromatic carbocycles. The van der Waals surface area contributed by atoms with E-state index >= 15 is 0 Å². The van der Waals surface area contributed by atoms with Gasteiger partial charge in [-0.25, -0.2) is 18.7 Å². The largest absolute Gasteiger partial charge is 0.444 e. The maximum absolute atomic E-state index is 13.2. The van der Waals surface area contributed by atoms with Crippen molar-refractivity contribution in [3.8, 4) is 0 Å². The molecule has 0 aliphatic heterocycles. The van der Waals surface area contributed by atoms with Crippen molar-refractivity contribution >= 4 is 6.09 Å². The summed E-state index contributed by atoms with van der Waals surface area (Å²) in [5.41, 5.74) is 4.10. The lowest BCUT2D eigenvalue weighted by molar-refractivity contribution is 0.140. The Morgan fingerprint density at radius 3 is 2.77 bits per heavy atom. The molecule has 0 radical (unpaired) electrons. The third-order valence-corrected chi connectivity index (χ3v) is 4.62. The van der Waals surface area contributed by atoms with Gasteiger partial charge in [-0.1, -0.05) is 37.3 Å². The van der Waals surface area contributed by atoms with Crippen molar-refractivity contribution in [2.75, 3.05) is 0 Å². The van der Waals surface area contributed by atoms with Crippen molar-refractivity contribution in [2.45, 2.75) is 33.3 Å². The smallest absolute Gasteiger partial charge is 0.419 e. The van der Waals surface area contributed by atoms with Crippen LogP contribution in [0.4, 0.5) is 9.18 Å². The van der Waals surface area contributed by atoms with E-state index in [2.05, 4.69) is 24.9 Å². The molecule has 0 saturated carbocycles. The Labute approximate surface area is 152 Å².